The molecule has 2 aromatic carbocycles. The first kappa shape index (κ1) is 23.8. The van der Waals surface area contributed by atoms with E-state index in [2.05, 4.69) is 29.6 Å². The minimum Gasteiger partial charge on any atom is -0.480 e. The van der Waals surface area contributed by atoms with Crippen LogP contribution in [0, 0.1) is 11.8 Å². The Morgan fingerprint density at radius 3 is 2.15 bits per heavy atom. The minimum absolute atomic E-state index is 0.0693. The number of aliphatic carboxylic acids is 1. The van der Waals surface area contributed by atoms with Gasteiger partial charge in [0.2, 0.25) is 5.91 Å². The van der Waals surface area contributed by atoms with Crippen LogP contribution in [0.15, 0.2) is 48.5 Å². The van der Waals surface area contributed by atoms with E-state index in [-0.39, 0.29) is 30.9 Å². The summed E-state index contributed by atoms with van der Waals surface area (Å²) in [7, 11) is 0. The molecular formula is C27H32N2O5. The lowest BCUT2D eigenvalue weighted by atomic mass is 9.98. The zero-order valence-corrected chi connectivity index (χ0v) is 19.7. The predicted molar refractivity (Wildman–Crippen MR) is 128 cm³/mol. The van der Waals surface area contributed by atoms with Crippen molar-refractivity contribution < 1.29 is 24.2 Å². The molecular weight excluding hydrogens is 432 g/mol. The lowest BCUT2D eigenvalue weighted by Gasteiger charge is -2.28. The Morgan fingerprint density at radius 2 is 1.62 bits per heavy atom. The van der Waals surface area contributed by atoms with Gasteiger partial charge in [-0.2, -0.15) is 0 Å². The van der Waals surface area contributed by atoms with Crippen molar-refractivity contribution in [3.05, 3.63) is 59.7 Å². The van der Waals surface area contributed by atoms with E-state index in [1.165, 1.54) is 4.90 Å². The van der Waals surface area contributed by atoms with Crippen molar-refractivity contribution in [1.29, 1.82) is 0 Å². The van der Waals surface area contributed by atoms with Crippen molar-refractivity contribution >= 4 is 18.0 Å². The van der Waals surface area contributed by atoms with Crippen LogP contribution in [0.3, 0.4) is 0 Å². The molecule has 2 aliphatic carbocycles. The Bertz CT molecular complexity index is 1020. The van der Waals surface area contributed by atoms with Gasteiger partial charge in [0, 0.05) is 12.5 Å². The van der Waals surface area contributed by atoms with Crippen LogP contribution >= 0.6 is 0 Å². The quantitative estimate of drug-likeness (QED) is 0.548. The Labute approximate surface area is 200 Å². The van der Waals surface area contributed by atoms with Crippen LogP contribution in [0.2, 0.25) is 0 Å². The van der Waals surface area contributed by atoms with Crippen LogP contribution in [0.5, 0.6) is 0 Å². The van der Waals surface area contributed by atoms with E-state index in [4.69, 9.17) is 4.74 Å². The topological polar surface area (TPSA) is 95.9 Å². The van der Waals surface area contributed by atoms with Gasteiger partial charge in [0.25, 0.3) is 0 Å². The molecule has 0 radical (unpaired) electrons. The van der Waals surface area contributed by atoms with E-state index >= 15 is 0 Å². The van der Waals surface area contributed by atoms with Gasteiger partial charge in [-0.15, -0.1) is 0 Å². The van der Waals surface area contributed by atoms with Gasteiger partial charge in [0.1, 0.15) is 19.2 Å². The molecule has 2 N–H and O–H groups in total. The number of carboxylic acid groups (broad SMARTS) is 1. The molecule has 34 heavy (non-hydrogen) atoms. The standard InChI is InChI=1S/C27H32N2O5/c1-17(2)14-29(15-25(30)31)26(32)24(13-18-11-12-18)28-27(33)34-16-23-21-9-5-3-7-19(21)20-8-4-6-10-22(20)23/h3-10,17-18,23-24H,11-16H2,1-2H3,(H,28,33)(H,30,31). The van der Waals surface area contributed by atoms with Crippen LogP contribution < -0.4 is 5.32 Å². The second kappa shape index (κ2) is 10.3. The van der Waals surface area contributed by atoms with Gasteiger partial charge in [-0.1, -0.05) is 75.2 Å². The zero-order valence-electron chi connectivity index (χ0n) is 19.7. The van der Waals surface area contributed by atoms with E-state index in [9.17, 15) is 19.5 Å². The van der Waals surface area contributed by atoms with E-state index in [0.717, 1.165) is 35.1 Å². The van der Waals surface area contributed by atoms with E-state index in [1.54, 1.807) is 0 Å². The van der Waals surface area contributed by atoms with Crippen molar-refractivity contribution in [1.82, 2.24) is 10.2 Å². The normalized spacial score (nSPS) is 15.4. The molecule has 2 amide bonds. The second-order valence-corrected chi connectivity index (χ2v) is 9.71. The van der Waals surface area contributed by atoms with Gasteiger partial charge in [0.15, 0.2) is 0 Å². The highest BCUT2D eigenvalue weighted by molar-refractivity contribution is 5.88. The molecule has 1 atom stereocenters. The first-order chi connectivity index (χ1) is 16.3. The number of rotatable bonds is 10. The third kappa shape index (κ3) is 5.58. The number of alkyl carbamates (subject to hydrolysis) is 1. The molecule has 2 aromatic rings. The van der Waals surface area contributed by atoms with Gasteiger partial charge < -0.3 is 20.1 Å². The molecule has 7 nitrogen and oxygen atoms in total. The van der Waals surface area contributed by atoms with Crippen LogP contribution in [0.1, 0.15) is 50.2 Å². The zero-order chi connectivity index (χ0) is 24.2. The van der Waals surface area contributed by atoms with Crippen molar-refractivity contribution in [2.75, 3.05) is 19.7 Å². The third-order valence-electron chi connectivity index (χ3n) is 6.42. The molecule has 1 saturated carbocycles. The molecule has 2 aliphatic rings. The fourth-order valence-corrected chi connectivity index (χ4v) is 4.75. The number of benzene rings is 2. The molecule has 1 fully saturated rings. The number of nitrogens with one attached hydrogen (secondary N) is 1. The Balaban J connectivity index is 1.43. The fraction of sp³-hybridized carbons (Fsp3) is 0.444. The van der Waals surface area contributed by atoms with Crippen LogP contribution in [0.25, 0.3) is 11.1 Å². The summed E-state index contributed by atoms with van der Waals surface area (Å²) in [6.07, 6.45) is 1.87. The number of nitrogens with zero attached hydrogens (tertiary/aromatic N) is 1. The molecule has 0 aromatic heterocycles. The maximum Gasteiger partial charge on any atom is 0.407 e. The predicted octanol–water partition coefficient (Wildman–Crippen LogP) is 4.26. The molecule has 180 valence electrons. The highest BCUT2D eigenvalue weighted by atomic mass is 16.5. The lowest BCUT2D eigenvalue weighted by molar-refractivity contribution is -0.145. The third-order valence-corrected chi connectivity index (χ3v) is 6.42. The SMILES string of the molecule is CC(C)CN(CC(=O)O)C(=O)C(CC1CC1)NC(=O)OCC1c2ccccc2-c2ccccc21. The highest BCUT2D eigenvalue weighted by Gasteiger charge is 2.35. The summed E-state index contributed by atoms with van der Waals surface area (Å²) in [5, 5.41) is 12.0. The van der Waals surface area contributed by atoms with Crippen LogP contribution in [-0.2, 0) is 14.3 Å². The minimum atomic E-state index is -1.07. The van der Waals surface area contributed by atoms with E-state index in [0.29, 0.717) is 18.9 Å². The summed E-state index contributed by atoms with van der Waals surface area (Å²) in [4.78, 5) is 38.6. The number of fused-ring (bicyclic) bond motifs is 3. The monoisotopic (exact) mass is 464 g/mol. The smallest absolute Gasteiger partial charge is 0.407 e. The molecule has 0 saturated heterocycles. The van der Waals surface area contributed by atoms with E-state index in [1.807, 2.05) is 38.1 Å². The van der Waals surface area contributed by atoms with E-state index < -0.39 is 18.1 Å². The molecule has 7 heteroatoms. The van der Waals surface area contributed by atoms with Gasteiger partial charge in [-0.05, 0) is 40.5 Å². The Hall–Kier alpha value is -3.35. The molecule has 0 bridgehead atoms. The lowest BCUT2D eigenvalue weighted by Crippen LogP contribution is -2.51. The Kier molecular flexibility index (Phi) is 7.20. The van der Waals surface area contributed by atoms with Gasteiger partial charge in [-0.25, -0.2) is 4.79 Å². The maximum atomic E-state index is 13.2. The van der Waals surface area contributed by atoms with Crippen molar-refractivity contribution in [3.8, 4) is 11.1 Å². The summed E-state index contributed by atoms with van der Waals surface area (Å²) in [6, 6.07) is 15.4. The average molecular weight is 465 g/mol. The summed E-state index contributed by atoms with van der Waals surface area (Å²) in [5.74, 6) is -1.02. The molecule has 0 heterocycles. The summed E-state index contributed by atoms with van der Waals surface area (Å²) in [5.41, 5.74) is 4.53. The summed E-state index contributed by atoms with van der Waals surface area (Å²) < 4.78 is 5.63. The number of carbonyl (C=O) groups is 3. The van der Waals surface area contributed by atoms with Gasteiger partial charge in [-0.3, -0.25) is 9.59 Å². The molecule has 4 rings (SSSR count). The molecule has 1 unspecified atom stereocenters. The number of amides is 2. The summed E-state index contributed by atoms with van der Waals surface area (Å²) >= 11 is 0. The van der Waals surface area contributed by atoms with Crippen molar-refractivity contribution in [2.24, 2.45) is 11.8 Å². The second-order valence-electron chi connectivity index (χ2n) is 9.71. The number of hydrogen-bond donors (Lipinski definition) is 2. The highest BCUT2D eigenvalue weighted by Crippen LogP contribution is 2.44. The first-order valence-electron chi connectivity index (χ1n) is 12.0. The van der Waals surface area contributed by atoms with Crippen LogP contribution in [0.4, 0.5) is 4.79 Å². The van der Waals surface area contributed by atoms with Gasteiger partial charge >= 0.3 is 12.1 Å². The maximum absolute atomic E-state index is 13.2. The molecule has 0 aliphatic heterocycles. The van der Waals surface area contributed by atoms with Gasteiger partial charge in [0.05, 0.1) is 0 Å². The fourth-order valence-electron chi connectivity index (χ4n) is 4.75. The summed E-state index contributed by atoms with van der Waals surface area (Å²) in [6.45, 7) is 3.95. The van der Waals surface area contributed by atoms with Crippen molar-refractivity contribution in [3.63, 3.8) is 0 Å². The number of ether oxygens (including phenoxy) is 1. The molecule has 0 spiro atoms. The number of carboxylic acids is 1. The number of carbonyl (C=O) groups excluding carboxylic acids is 2. The van der Waals surface area contributed by atoms with Crippen molar-refractivity contribution in [2.45, 2.75) is 45.1 Å². The average Bonchev–Trinajstić information content (AvgIpc) is 3.56. The van der Waals surface area contributed by atoms with Crippen LogP contribution in [-0.4, -0.2) is 53.7 Å². The number of hydrogen-bond acceptors (Lipinski definition) is 4. The first-order valence-corrected chi connectivity index (χ1v) is 12.0. The largest absolute Gasteiger partial charge is 0.480 e. The Morgan fingerprint density at radius 1 is 1.03 bits per heavy atom.